The molecule has 0 bridgehead atoms. The van der Waals surface area contributed by atoms with E-state index in [1.54, 1.807) is 83.1 Å². The molecule has 3 rings (SSSR count). The number of nitrogens with one attached hydrogen (secondary N) is 1. The van der Waals surface area contributed by atoms with Crippen molar-refractivity contribution in [3.05, 3.63) is 121 Å². The fraction of sp³-hybridized carbons (Fsp3) is 0.581. The molecule has 1 aliphatic rings. The Bertz CT molecular complexity index is 3320. The summed E-state index contributed by atoms with van der Waals surface area (Å²) in [7, 11) is 0. The molecular weight excluding hydrogens is 1470 g/mol. The molecule has 1 N–H and O–H groups in total. The van der Waals surface area contributed by atoms with Crippen LogP contribution in [0.5, 0.6) is 5.75 Å². The van der Waals surface area contributed by atoms with E-state index in [2.05, 4.69) is 52.0 Å². The van der Waals surface area contributed by atoms with Gasteiger partial charge in [-0.15, -0.1) is 0 Å². The Balaban J connectivity index is -0.000000398. The summed E-state index contributed by atoms with van der Waals surface area (Å²) in [5.41, 5.74) is 1.24. The van der Waals surface area contributed by atoms with Gasteiger partial charge in [-0.2, -0.15) is 15.8 Å². The molecule has 0 saturated heterocycles. The van der Waals surface area contributed by atoms with E-state index < -0.39 is 40.9 Å². The van der Waals surface area contributed by atoms with Gasteiger partial charge in [0.25, 0.3) is 0 Å². The quantitative estimate of drug-likeness (QED) is 0.0165. The van der Waals surface area contributed by atoms with Crippen LogP contribution in [-0.4, -0.2) is 143 Å². The molecule has 0 aliphatic heterocycles. The Morgan fingerprint density at radius 3 is 1.18 bits per heavy atom. The van der Waals surface area contributed by atoms with Crippen molar-refractivity contribution in [2.75, 3.05) is 64.7 Å². The number of carbonyl (C=O) groups is 12. The number of rotatable bonds is 36. The molecule has 2 aromatic rings. The second-order valence-electron chi connectivity index (χ2n) is 26.7. The summed E-state index contributed by atoms with van der Waals surface area (Å²) in [4.78, 5) is 136. The van der Waals surface area contributed by atoms with Crippen LogP contribution in [0.1, 0.15) is 226 Å². The number of benzene rings is 2. The van der Waals surface area contributed by atoms with E-state index in [4.69, 9.17) is 65.0 Å². The molecule has 0 spiro atoms. The van der Waals surface area contributed by atoms with Gasteiger partial charge in [-0.1, -0.05) is 130 Å². The predicted octanol–water partition coefficient (Wildman–Crippen LogP) is 15.5. The number of esters is 11. The molecule has 1 aliphatic carbocycles. The zero-order valence-corrected chi connectivity index (χ0v) is 70.9. The van der Waals surface area contributed by atoms with Crippen molar-refractivity contribution in [3.8, 4) is 24.0 Å². The van der Waals surface area contributed by atoms with Crippen LogP contribution in [0.3, 0.4) is 0 Å². The maximum atomic E-state index is 11.6. The van der Waals surface area contributed by atoms with Gasteiger partial charge in [0.2, 0.25) is 5.91 Å². The van der Waals surface area contributed by atoms with Crippen molar-refractivity contribution in [2.24, 2.45) is 40.9 Å². The first-order valence-corrected chi connectivity index (χ1v) is 38.3. The lowest BCUT2D eigenvalue weighted by Gasteiger charge is -2.31. The van der Waals surface area contributed by atoms with Gasteiger partial charge in [-0.3, -0.25) is 33.6 Å². The highest BCUT2D eigenvalue weighted by molar-refractivity contribution is 5.92. The van der Waals surface area contributed by atoms with E-state index in [1.807, 2.05) is 109 Å². The standard InChI is InChI=1S/C12H14N2O.C12H13NO2.C12H19NO2.C12H20O4.C11H18O4.2C10H16O4.C7H11NO2/c1-3-9(2)12(15)14-11-6-4-10(8-13)5-7-11;1-3-9(2)12(14)15-11-6-4-10(8-13)5-7-11;1-3-10(2)11(14)15-12(9-13)7-5-4-6-8-12;1-6-12(4,5)11(14)16-8-7-15-10(13)9(2)3;1-5-9(4)11(13)15-7-6-14-10(12)8(2)3;2*1-4-8(3)10(12)14-7-6-13-9(11)5-2;1-4-6(2)10-7(9)5-8-3/h4-7,9H,3H2,1-2H3,(H,14,15);4-7,9H,3H2,1-2H3;10H,3-8H2,1-2H3;2,6-8H2,1,3-5H3;9H,2,5-7H2,1,3-4H3;2*5,8H,2,4,6-7H2,1,3H3;6H,4-5H2,1-2H3. The molecule has 1 fully saturated rings. The highest BCUT2D eigenvalue weighted by atomic mass is 16.6. The molecule has 1 saturated carbocycles. The van der Waals surface area contributed by atoms with E-state index in [1.165, 1.54) is 0 Å². The number of hydrogen-bond donors (Lipinski definition) is 1. The Morgan fingerprint density at radius 1 is 0.500 bits per heavy atom. The van der Waals surface area contributed by atoms with Crippen molar-refractivity contribution in [3.63, 3.8) is 0 Å². The highest BCUT2D eigenvalue weighted by Crippen LogP contribution is 2.32. The molecule has 28 heteroatoms. The molecule has 28 nitrogen and oxygen atoms in total. The van der Waals surface area contributed by atoms with Crippen LogP contribution in [0.4, 0.5) is 5.69 Å². The summed E-state index contributed by atoms with van der Waals surface area (Å²) in [6, 6.07) is 19.6. The average Bonchev–Trinajstić information content (AvgIpc) is 0.841. The average molecular weight is 1600 g/mol. The molecule has 634 valence electrons. The summed E-state index contributed by atoms with van der Waals surface area (Å²) < 4.78 is 53.6. The van der Waals surface area contributed by atoms with Gasteiger partial charge < -0.3 is 62.3 Å². The van der Waals surface area contributed by atoms with Crippen LogP contribution in [0, 0.1) is 81.5 Å². The number of nitriles is 3. The van der Waals surface area contributed by atoms with Gasteiger partial charge in [0, 0.05) is 47.7 Å². The topological polar surface area (TPSA) is 394 Å². The van der Waals surface area contributed by atoms with Gasteiger partial charge in [0.15, 0.2) is 5.60 Å². The summed E-state index contributed by atoms with van der Waals surface area (Å²) in [5.74, 6) is -3.89. The van der Waals surface area contributed by atoms with Crippen LogP contribution in [0.2, 0.25) is 0 Å². The Morgan fingerprint density at radius 2 is 0.851 bits per heavy atom. The fourth-order valence-corrected chi connectivity index (χ4v) is 7.03. The Kier molecular flexibility index (Phi) is 66.2. The molecule has 1 amide bonds. The number of hydrogen-bond acceptors (Lipinski definition) is 26. The number of carbonyl (C=O) groups excluding carboxylic acids is 12. The van der Waals surface area contributed by atoms with Gasteiger partial charge >= 0.3 is 72.2 Å². The number of amides is 1. The number of ether oxygens (including phenoxy) is 11. The molecule has 7 atom stereocenters. The van der Waals surface area contributed by atoms with E-state index in [9.17, 15) is 57.5 Å². The van der Waals surface area contributed by atoms with Gasteiger partial charge in [0.05, 0.1) is 64.4 Å². The normalized spacial score (nSPS) is 12.8. The maximum Gasteiger partial charge on any atom is 0.387 e. The number of nitrogens with zero attached hydrogens (tertiary/aromatic N) is 4. The van der Waals surface area contributed by atoms with Crippen LogP contribution in [-0.2, 0) is 105 Å². The minimum Gasteiger partial charge on any atom is -0.462 e. The van der Waals surface area contributed by atoms with Gasteiger partial charge in [0.1, 0.15) is 64.7 Å². The molecule has 7 unspecified atom stereocenters. The van der Waals surface area contributed by atoms with Crippen molar-refractivity contribution in [2.45, 2.75) is 227 Å². The SMILES string of the molecule is C=C(C)C(=O)OCCOC(=O)C(C)(C)CC.C=C(C)C(=O)OCCOC(=O)C(C)CC.C=CC(=O)OCCOC(=O)C(C)CC.C=CC(=O)OCCOC(=O)C(C)CC.CCC(C)C(=O)Nc1ccc(C#N)cc1.CCC(C)C(=O)OC1(C#N)CCCCC1.CCC(C)C(=O)Oc1ccc(C#N)cc1.[C-]#[N+]CC(=O)OC(C)CC. The summed E-state index contributed by atoms with van der Waals surface area (Å²) in [5, 5.41) is 29.1. The number of anilines is 1. The van der Waals surface area contributed by atoms with Crippen molar-refractivity contribution >= 4 is 77.3 Å². The van der Waals surface area contributed by atoms with Crippen LogP contribution in [0.15, 0.2) is 98.1 Å². The summed E-state index contributed by atoms with van der Waals surface area (Å²) in [6.07, 6.45) is 12.7. The van der Waals surface area contributed by atoms with Crippen LogP contribution in [0.25, 0.3) is 4.85 Å². The van der Waals surface area contributed by atoms with E-state index >= 15 is 0 Å². The maximum absolute atomic E-state index is 11.6. The van der Waals surface area contributed by atoms with Gasteiger partial charge in [-0.25, -0.2) is 30.5 Å². The monoisotopic (exact) mass is 1600 g/mol. The van der Waals surface area contributed by atoms with E-state index in [0.29, 0.717) is 47.3 Å². The summed E-state index contributed by atoms with van der Waals surface area (Å²) in [6.45, 7) is 55.1. The minimum atomic E-state index is -0.821. The first-order chi connectivity index (χ1) is 53.7. The zero-order valence-electron chi connectivity index (χ0n) is 70.9. The first kappa shape index (κ1) is 112. The molecule has 2 aromatic carbocycles. The third kappa shape index (κ3) is 57.1. The predicted molar refractivity (Wildman–Crippen MR) is 430 cm³/mol. The van der Waals surface area contributed by atoms with E-state index in [-0.39, 0.29) is 143 Å². The second kappa shape index (κ2) is 67.7. The molecule has 114 heavy (non-hydrogen) atoms. The van der Waals surface area contributed by atoms with Crippen LogP contribution < -0.4 is 10.1 Å². The van der Waals surface area contributed by atoms with E-state index in [0.717, 1.165) is 82.0 Å². The smallest absolute Gasteiger partial charge is 0.387 e. The minimum absolute atomic E-state index is 0.0145. The third-order valence-electron chi connectivity index (χ3n) is 16.6. The molecule has 0 radical (unpaired) electrons. The van der Waals surface area contributed by atoms with Crippen molar-refractivity contribution in [1.82, 2.24) is 0 Å². The van der Waals surface area contributed by atoms with Crippen molar-refractivity contribution < 1.29 is 110 Å². The van der Waals surface area contributed by atoms with Crippen molar-refractivity contribution in [1.29, 1.82) is 15.8 Å². The Labute approximate surface area is 676 Å². The van der Waals surface area contributed by atoms with Crippen LogP contribution >= 0.6 is 0 Å². The molecule has 0 aromatic heterocycles. The zero-order chi connectivity index (χ0) is 88.4. The molecular formula is C86H127N5O23. The third-order valence-corrected chi connectivity index (χ3v) is 16.6. The largest absolute Gasteiger partial charge is 0.462 e. The Hall–Kier alpha value is -11.0. The molecule has 0 heterocycles. The lowest BCUT2D eigenvalue weighted by atomic mass is 9.85. The lowest BCUT2D eigenvalue weighted by Crippen LogP contribution is -2.37. The second-order valence-corrected chi connectivity index (χ2v) is 26.7. The highest BCUT2D eigenvalue weighted by Gasteiger charge is 2.37. The lowest BCUT2D eigenvalue weighted by molar-refractivity contribution is -0.161. The van der Waals surface area contributed by atoms with Gasteiger partial charge in [-0.05, 0) is 147 Å². The first-order valence-electron chi connectivity index (χ1n) is 38.3. The fourth-order valence-electron chi connectivity index (χ4n) is 7.03. The summed E-state index contributed by atoms with van der Waals surface area (Å²) >= 11 is 0.